The number of hydrogen-bond donors (Lipinski definition) is 1. The summed E-state index contributed by atoms with van der Waals surface area (Å²) in [4.78, 5) is 2.38. The van der Waals surface area contributed by atoms with E-state index in [4.69, 9.17) is 5.73 Å². The summed E-state index contributed by atoms with van der Waals surface area (Å²) < 4.78 is 13.4. The van der Waals surface area contributed by atoms with E-state index in [0.717, 1.165) is 36.7 Å². The molecule has 0 heterocycles. The first-order valence-electron chi connectivity index (χ1n) is 7.39. The first-order valence-corrected chi connectivity index (χ1v) is 7.39. The zero-order chi connectivity index (χ0) is 13.8. The molecule has 1 aromatic carbocycles. The molecule has 1 aromatic rings. The van der Waals surface area contributed by atoms with Crippen molar-refractivity contribution in [3.8, 4) is 0 Å². The highest BCUT2D eigenvalue weighted by Gasteiger charge is 2.21. The van der Waals surface area contributed by atoms with E-state index in [1.807, 2.05) is 13.0 Å². The molecule has 1 fully saturated rings. The van der Waals surface area contributed by atoms with Gasteiger partial charge in [0.25, 0.3) is 0 Å². The van der Waals surface area contributed by atoms with Crippen LogP contribution >= 0.6 is 0 Å². The summed E-state index contributed by atoms with van der Waals surface area (Å²) in [6, 6.07) is 5.17. The molecule has 0 amide bonds. The Morgan fingerprint density at radius 1 is 1.42 bits per heavy atom. The minimum Gasteiger partial charge on any atom is -0.371 e. The fraction of sp³-hybridized carbons (Fsp3) is 0.625. The SMILES string of the molecule is CCN(CC1CCC1)c1ccc(F)cc1CC(C)N. The number of hydrogen-bond acceptors (Lipinski definition) is 2. The van der Waals surface area contributed by atoms with E-state index < -0.39 is 0 Å². The fourth-order valence-corrected chi connectivity index (χ4v) is 2.76. The van der Waals surface area contributed by atoms with Gasteiger partial charge in [0.1, 0.15) is 5.82 Å². The molecule has 106 valence electrons. The van der Waals surface area contributed by atoms with Crippen LogP contribution in [0.2, 0.25) is 0 Å². The van der Waals surface area contributed by atoms with Crippen LogP contribution in [-0.2, 0) is 6.42 Å². The van der Waals surface area contributed by atoms with Crippen molar-refractivity contribution in [3.63, 3.8) is 0 Å². The summed E-state index contributed by atoms with van der Waals surface area (Å²) in [7, 11) is 0. The average molecular weight is 264 g/mol. The van der Waals surface area contributed by atoms with E-state index in [2.05, 4.69) is 11.8 Å². The summed E-state index contributed by atoms with van der Waals surface area (Å²) in [5, 5.41) is 0. The standard InChI is InChI=1S/C16H25FN2/c1-3-19(11-13-5-4-6-13)16-8-7-15(17)10-14(16)9-12(2)18/h7-8,10,12-13H,3-6,9,11,18H2,1-2H3. The highest BCUT2D eigenvalue weighted by atomic mass is 19.1. The molecule has 0 aliphatic heterocycles. The van der Waals surface area contributed by atoms with Gasteiger partial charge in [-0.25, -0.2) is 4.39 Å². The summed E-state index contributed by atoms with van der Waals surface area (Å²) >= 11 is 0. The fourth-order valence-electron chi connectivity index (χ4n) is 2.76. The molecule has 2 rings (SSSR count). The lowest BCUT2D eigenvalue weighted by Gasteiger charge is -2.34. The molecule has 1 aliphatic carbocycles. The van der Waals surface area contributed by atoms with Crippen LogP contribution in [0.5, 0.6) is 0 Å². The zero-order valence-corrected chi connectivity index (χ0v) is 12.0. The Bertz CT molecular complexity index is 413. The lowest BCUT2D eigenvalue weighted by atomic mass is 9.85. The van der Waals surface area contributed by atoms with Gasteiger partial charge in [-0.2, -0.15) is 0 Å². The molecule has 0 bridgehead atoms. The van der Waals surface area contributed by atoms with Crippen molar-refractivity contribution in [3.05, 3.63) is 29.6 Å². The monoisotopic (exact) mass is 264 g/mol. The lowest BCUT2D eigenvalue weighted by molar-refractivity contribution is 0.318. The molecule has 1 aliphatic rings. The van der Waals surface area contributed by atoms with Crippen molar-refractivity contribution >= 4 is 5.69 Å². The molecular weight excluding hydrogens is 239 g/mol. The van der Waals surface area contributed by atoms with E-state index in [0.29, 0.717) is 0 Å². The first-order chi connectivity index (χ1) is 9.10. The minimum absolute atomic E-state index is 0.0583. The highest BCUT2D eigenvalue weighted by molar-refractivity contribution is 5.54. The third-order valence-corrected chi connectivity index (χ3v) is 4.01. The first kappa shape index (κ1) is 14.3. The normalized spacial score (nSPS) is 17.1. The van der Waals surface area contributed by atoms with Crippen molar-refractivity contribution in [1.29, 1.82) is 0 Å². The molecule has 1 atom stereocenters. The van der Waals surface area contributed by atoms with Crippen LogP contribution in [0, 0.1) is 11.7 Å². The second kappa shape index (κ2) is 6.38. The van der Waals surface area contributed by atoms with Crippen LogP contribution in [0.4, 0.5) is 10.1 Å². The van der Waals surface area contributed by atoms with E-state index in [-0.39, 0.29) is 11.9 Å². The van der Waals surface area contributed by atoms with Crippen molar-refractivity contribution in [2.24, 2.45) is 11.7 Å². The number of nitrogens with zero attached hydrogens (tertiary/aromatic N) is 1. The van der Waals surface area contributed by atoms with Crippen LogP contribution in [-0.4, -0.2) is 19.1 Å². The van der Waals surface area contributed by atoms with Crippen LogP contribution < -0.4 is 10.6 Å². The molecule has 1 unspecified atom stereocenters. The third-order valence-electron chi connectivity index (χ3n) is 4.01. The topological polar surface area (TPSA) is 29.3 Å². The molecule has 0 aromatic heterocycles. The Kier molecular flexibility index (Phi) is 4.81. The Morgan fingerprint density at radius 3 is 2.68 bits per heavy atom. The quantitative estimate of drug-likeness (QED) is 0.854. The zero-order valence-electron chi connectivity index (χ0n) is 12.0. The van der Waals surface area contributed by atoms with Crippen molar-refractivity contribution in [2.75, 3.05) is 18.0 Å². The molecule has 19 heavy (non-hydrogen) atoms. The molecule has 1 saturated carbocycles. The van der Waals surface area contributed by atoms with Gasteiger partial charge in [-0.15, -0.1) is 0 Å². The van der Waals surface area contributed by atoms with Gasteiger partial charge in [0.2, 0.25) is 0 Å². The molecule has 3 heteroatoms. The summed E-state index contributed by atoms with van der Waals surface area (Å²) in [6.07, 6.45) is 4.76. The van der Waals surface area contributed by atoms with Gasteiger partial charge in [-0.3, -0.25) is 0 Å². The second-order valence-corrected chi connectivity index (χ2v) is 5.79. The number of benzene rings is 1. The molecule has 2 N–H and O–H groups in total. The number of anilines is 1. The van der Waals surface area contributed by atoms with E-state index >= 15 is 0 Å². The van der Waals surface area contributed by atoms with Gasteiger partial charge in [0, 0.05) is 24.8 Å². The number of halogens is 1. The Labute approximate surface area is 115 Å². The van der Waals surface area contributed by atoms with Gasteiger partial charge < -0.3 is 10.6 Å². The van der Waals surface area contributed by atoms with E-state index in [1.54, 1.807) is 12.1 Å². The van der Waals surface area contributed by atoms with Crippen molar-refractivity contribution in [2.45, 2.75) is 45.6 Å². The Morgan fingerprint density at radius 2 is 2.16 bits per heavy atom. The maximum atomic E-state index is 13.4. The van der Waals surface area contributed by atoms with E-state index in [1.165, 1.54) is 19.3 Å². The van der Waals surface area contributed by atoms with Crippen LogP contribution in [0.15, 0.2) is 18.2 Å². The summed E-state index contributed by atoms with van der Waals surface area (Å²) in [5.41, 5.74) is 8.08. The Balaban J connectivity index is 2.19. The minimum atomic E-state index is -0.168. The van der Waals surface area contributed by atoms with Gasteiger partial charge >= 0.3 is 0 Å². The predicted molar refractivity (Wildman–Crippen MR) is 79.0 cm³/mol. The largest absolute Gasteiger partial charge is 0.371 e. The number of rotatable bonds is 6. The predicted octanol–water partition coefficient (Wildman–Crippen LogP) is 3.34. The van der Waals surface area contributed by atoms with Crippen molar-refractivity contribution in [1.82, 2.24) is 0 Å². The maximum Gasteiger partial charge on any atom is 0.123 e. The summed E-state index contributed by atoms with van der Waals surface area (Å²) in [6.45, 7) is 6.19. The van der Waals surface area contributed by atoms with Crippen LogP contribution in [0.25, 0.3) is 0 Å². The average Bonchev–Trinajstić information content (AvgIpc) is 2.29. The molecule has 0 saturated heterocycles. The van der Waals surface area contributed by atoms with Gasteiger partial charge in [0.15, 0.2) is 0 Å². The van der Waals surface area contributed by atoms with Gasteiger partial charge in [0.05, 0.1) is 0 Å². The van der Waals surface area contributed by atoms with Crippen molar-refractivity contribution < 1.29 is 4.39 Å². The highest BCUT2D eigenvalue weighted by Crippen LogP contribution is 2.30. The number of nitrogens with two attached hydrogens (primary N) is 1. The van der Waals surface area contributed by atoms with Crippen LogP contribution in [0.3, 0.4) is 0 Å². The maximum absolute atomic E-state index is 13.4. The molecule has 0 spiro atoms. The smallest absolute Gasteiger partial charge is 0.123 e. The van der Waals surface area contributed by atoms with Crippen LogP contribution in [0.1, 0.15) is 38.7 Å². The summed E-state index contributed by atoms with van der Waals surface area (Å²) in [5.74, 6) is 0.646. The Hall–Kier alpha value is -1.09. The third kappa shape index (κ3) is 3.69. The molecular formula is C16H25FN2. The molecule has 2 nitrogen and oxygen atoms in total. The van der Waals surface area contributed by atoms with Gasteiger partial charge in [-0.1, -0.05) is 6.42 Å². The molecule has 0 radical (unpaired) electrons. The van der Waals surface area contributed by atoms with E-state index in [9.17, 15) is 4.39 Å². The second-order valence-electron chi connectivity index (χ2n) is 5.79. The lowest BCUT2D eigenvalue weighted by Crippen LogP contribution is -2.33. The van der Waals surface area contributed by atoms with Gasteiger partial charge in [-0.05, 0) is 62.8 Å².